The lowest BCUT2D eigenvalue weighted by molar-refractivity contribution is 0.252. The van der Waals surface area contributed by atoms with E-state index in [4.69, 9.17) is 17.3 Å². The summed E-state index contributed by atoms with van der Waals surface area (Å²) in [5.41, 5.74) is 8.49. The Hall–Kier alpha value is -1.40. The Balaban J connectivity index is 1.53. The van der Waals surface area contributed by atoms with Crippen LogP contribution in [0.3, 0.4) is 0 Å². The van der Waals surface area contributed by atoms with Crippen molar-refractivity contribution in [1.82, 2.24) is 5.32 Å². The summed E-state index contributed by atoms with van der Waals surface area (Å²) in [5, 5.41) is 4.40. The average molecular weight is 421 g/mol. The van der Waals surface area contributed by atoms with E-state index in [2.05, 4.69) is 17.4 Å². The number of hydrogen-bond donors (Lipinski definition) is 2. The standard InChI is InChI=1S/C22H29ClN2O2S/c1-28(26,27)21-7-2-4-17(14-21)10-13-25-20-8-11-22(16-24,12-9-20)18-5-3-6-19(23)15-18/h2-7,14-15,20,25H,8-13,16,24H2,1H3. The number of rotatable bonds is 7. The van der Waals surface area contributed by atoms with Crippen molar-refractivity contribution < 1.29 is 8.42 Å². The van der Waals surface area contributed by atoms with Crippen molar-refractivity contribution in [2.75, 3.05) is 19.3 Å². The Kier molecular flexibility index (Phi) is 6.81. The van der Waals surface area contributed by atoms with Gasteiger partial charge in [-0.2, -0.15) is 0 Å². The smallest absolute Gasteiger partial charge is 0.175 e. The minimum absolute atomic E-state index is 0.0207. The number of nitrogens with one attached hydrogen (secondary N) is 1. The molecule has 0 bridgehead atoms. The highest BCUT2D eigenvalue weighted by atomic mass is 35.5. The third-order valence-electron chi connectivity index (χ3n) is 5.94. The van der Waals surface area contributed by atoms with Gasteiger partial charge in [0.1, 0.15) is 0 Å². The van der Waals surface area contributed by atoms with Crippen molar-refractivity contribution in [2.24, 2.45) is 5.73 Å². The SMILES string of the molecule is CS(=O)(=O)c1cccc(CCNC2CCC(CN)(c3cccc(Cl)c3)CC2)c1. The topological polar surface area (TPSA) is 72.2 Å². The molecule has 1 saturated carbocycles. The average Bonchev–Trinajstić information content (AvgIpc) is 2.68. The summed E-state index contributed by atoms with van der Waals surface area (Å²) >= 11 is 6.19. The van der Waals surface area contributed by atoms with Gasteiger partial charge >= 0.3 is 0 Å². The predicted molar refractivity (Wildman–Crippen MR) is 116 cm³/mol. The Labute approximate surface area is 173 Å². The van der Waals surface area contributed by atoms with Crippen LogP contribution in [0.4, 0.5) is 0 Å². The Morgan fingerprint density at radius 3 is 2.50 bits per heavy atom. The van der Waals surface area contributed by atoms with E-state index < -0.39 is 9.84 Å². The van der Waals surface area contributed by atoms with Crippen LogP contribution in [0.1, 0.15) is 36.8 Å². The molecule has 1 aliphatic carbocycles. The lowest BCUT2D eigenvalue weighted by Crippen LogP contribution is -2.44. The summed E-state index contributed by atoms with van der Waals surface area (Å²) in [6.07, 6.45) is 6.31. The molecule has 0 atom stereocenters. The van der Waals surface area contributed by atoms with Gasteiger partial charge in [-0.1, -0.05) is 35.9 Å². The number of sulfone groups is 1. The highest BCUT2D eigenvalue weighted by Gasteiger charge is 2.35. The molecular weight excluding hydrogens is 392 g/mol. The first-order valence-electron chi connectivity index (χ1n) is 9.81. The van der Waals surface area contributed by atoms with Crippen molar-refractivity contribution in [3.05, 3.63) is 64.7 Å². The summed E-state index contributed by atoms with van der Waals surface area (Å²) in [6, 6.07) is 15.8. The van der Waals surface area contributed by atoms with Gasteiger partial charge in [0.15, 0.2) is 9.84 Å². The van der Waals surface area contributed by atoms with Crippen molar-refractivity contribution >= 4 is 21.4 Å². The summed E-state index contributed by atoms with van der Waals surface area (Å²) in [7, 11) is -3.16. The van der Waals surface area contributed by atoms with E-state index in [0.717, 1.165) is 49.2 Å². The van der Waals surface area contributed by atoms with Crippen LogP contribution >= 0.6 is 11.6 Å². The maximum atomic E-state index is 11.7. The minimum atomic E-state index is -3.16. The fourth-order valence-corrected chi connectivity index (χ4v) is 5.04. The quantitative estimate of drug-likeness (QED) is 0.716. The molecule has 0 spiro atoms. The Morgan fingerprint density at radius 1 is 1.14 bits per heavy atom. The normalized spacial score (nSPS) is 22.9. The molecule has 0 aliphatic heterocycles. The summed E-state index contributed by atoms with van der Waals surface area (Å²) in [5.74, 6) is 0. The molecule has 2 aromatic rings. The van der Waals surface area contributed by atoms with Crippen molar-refractivity contribution in [2.45, 2.75) is 48.5 Å². The van der Waals surface area contributed by atoms with Crippen LogP contribution in [-0.4, -0.2) is 33.8 Å². The first-order valence-corrected chi connectivity index (χ1v) is 12.1. The van der Waals surface area contributed by atoms with Gasteiger partial charge in [0.2, 0.25) is 0 Å². The molecular formula is C22H29ClN2O2S. The number of benzene rings is 2. The first-order chi connectivity index (χ1) is 13.3. The molecule has 1 aliphatic rings. The van der Waals surface area contributed by atoms with E-state index >= 15 is 0 Å². The summed E-state index contributed by atoms with van der Waals surface area (Å²) < 4.78 is 23.4. The van der Waals surface area contributed by atoms with Crippen LogP contribution in [0.15, 0.2) is 53.4 Å². The van der Waals surface area contributed by atoms with E-state index in [0.29, 0.717) is 17.5 Å². The van der Waals surface area contributed by atoms with Crippen molar-refractivity contribution in [3.8, 4) is 0 Å². The van der Waals surface area contributed by atoms with Crippen molar-refractivity contribution in [3.63, 3.8) is 0 Å². The second-order valence-electron chi connectivity index (χ2n) is 7.89. The van der Waals surface area contributed by atoms with Crippen LogP contribution in [0.5, 0.6) is 0 Å². The van der Waals surface area contributed by atoms with Gasteiger partial charge in [-0.25, -0.2) is 8.42 Å². The minimum Gasteiger partial charge on any atom is -0.330 e. The summed E-state index contributed by atoms with van der Waals surface area (Å²) in [4.78, 5) is 0.386. The monoisotopic (exact) mass is 420 g/mol. The van der Waals surface area contributed by atoms with Gasteiger partial charge in [-0.15, -0.1) is 0 Å². The molecule has 0 unspecified atom stereocenters. The van der Waals surface area contributed by atoms with Gasteiger partial charge < -0.3 is 11.1 Å². The molecule has 152 valence electrons. The maximum Gasteiger partial charge on any atom is 0.175 e. The molecule has 0 aromatic heterocycles. The maximum absolute atomic E-state index is 11.7. The predicted octanol–water partition coefficient (Wildman–Crippen LogP) is 3.71. The zero-order chi connectivity index (χ0) is 20.2. The molecule has 2 aromatic carbocycles. The second-order valence-corrected chi connectivity index (χ2v) is 10.3. The number of nitrogens with two attached hydrogens (primary N) is 1. The highest BCUT2D eigenvalue weighted by molar-refractivity contribution is 7.90. The van der Waals surface area contributed by atoms with Gasteiger partial charge in [-0.05, 0) is 74.0 Å². The van der Waals surface area contributed by atoms with Gasteiger partial charge in [0.25, 0.3) is 0 Å². The number of hydrogen-bond acceptors (Lipinski definition) is 4. The van der Waals surface area contributed by atoms with Crippen molar-refractivity contribution in [1.29, 1.82) is 0 Å². The molecule has 3 rings (SSSR count). The first kappa shape index (κ1) is 21.3. The van der Waals surface area contributed by atoms with Gasteiger partial charge in [0.05, 0.1) is 4.90 Å². The highest BCUT2D eigenvalue weighted by Crippen LogP contribution is 2.39. The fraction of sp³-hybridized carbons (Fsp3) is 0.455. The molecule has 28 heavy (non-hydrogen) atoms. The van der Waals surface area contributed by atoms with E-state index in [1.54, 1.807) is 12.1 Å². The molecule has 1 fully saturated rings. The van der Waals surface area contributed by atoms with Gasteiger partial charge in [-0.3, -0.25) is 0 Å². The van der Waals surface area contributed by atoms with Crippen LogP contribution < -0.4 is 11.1 Å². The summed E-state index contributed by atoms with van der Waals surface area (Å²) in [6.45, 7) is 1.48. The van der Waals surface area contributed by atoms with Crippen LogP contribution in [0.2, 0.25) is 5.02 Å². The van der Waals surface area contributed by atoms with E-state index in [1.807, 2.05) is 24.3 Å². The van der Waals surface area contributed by atoms with Crippen LogP contribution in [0.25, 0.3) is 0 Å². The lowest BCUT2D eigenvalue weighted by atomic mass is 9.68. The molecule has 0 amide bonds. The van der Waals surface area contributed by atoms with Gasteiger partial charge in [0, 0.05) is 29.3 Å². The van der Waals surface area contributed by atoms with Crippen LogP contribution in [-0.2, 0) is 21.7 Å². The molecule has 6 heteroatoms. The van der Waals surface area contributed by atoms with E-state index in [-0.39, 0.29) is 5.41 Å². The second kappa shape index (κ2) is 8.95. The third kappa shape index (κ3) is 5.15. The third-order valence-corrected chi connectivity index (χ3v) is 7.29. The number of halogens is 1. The Bertz CT molecular complexity index is 906. The molecule has 4 nitrogen and oxygen atoms in total. The van der Waals surface area contributed by atoms with E-state index in [1.165, 1.54) is 11.8 Å². The molecule has 0 heterocycles. The lowest BCUT2D eigenvalue weighted by Gasteiger charge is -2.40. The molecule has 0 saturated heterocycles. The fourth-order valence-electron chi connectivity index (χ4n) is 4.16. The van der Waals surface area contributed by atoms with Crippen LogP contribution in [0, 0.1) is 0 Å². The largest absolute Gasteiger partial charge is 0.330 e. The Morgan fingerprint density at radius 2 is 1.86 bits per heavy atom. The van der Waals surface area contributed by atoms with E-state index in [9.17, 15) is 8.42 Å². The molecule has 3 N–H and O–H groups in total. The zero-order valence-electron chi connectivity index (χ0n) is 16.3. The molecule has 0 radical (unpaired) electrons. The zero-order valence-corrected chi connectivity index (χ0v) is 17.9.